The lowest BCUT2D eigenvalue weighted by molar-refractivity contribution is -0.122. The van der Waals surface area contributed by atoms with Crippen LogP contribution in [-0.2, 0) is 16.1 Å². The van der Waals surface area contributed by atoms with Crippen molar-refractivity contribution in [3.05, 3.63) is 63.6 Å². The number of anilines is 1. The number of carbonyl (C=O) groups excluding carboxylic acids is 2. The van der Waals surface area contributed by atoms with Crippen LogP contribution in [0.2, 0.25) is 10.0 Å². The highest BCUT2D eigenvalue weighted by molar-refractivity contribution is 6.42. The summed E-state index contributed by atoms with van der Waals surface area (Å²) >= 11 is 12.0. The van der Waals surface area contributed by atoms with E-state index < -0.39 is 0 Å². The number of benzene rings is 2. The highest BCUT2D eigenvalue weighted by Gasteiger charge is 2.43. The average molecular weight is 419 g/mol. The van der Waals surface area contributed by atoms with Gasteiger partial charge in [-0.05, 0) is 53.6 Å². The molecule has 1 aliphatic carbocycles. The Morgan fingerprint density at radius 1 is 1.11 bits per heavy atom. The third-order valence-electron chi connectivity index (χ3n) is 4.77. The highest BCUT2D eigenvalue weighted by Crippen LogP contribution is 2.48. The Labute approximate surface area is 175 Å². The summed E-state index contributed by atoms with van der Waals surface area (Å²) in [6.07, 6.45) is 1.30. The number of hydrogen-bond donors (Lipinski definition) is 2. The lowest BCUT2D eigenvalue weighted by Gasteiger charge is -2.10. The summed E-state index contributed by atoms with van der Waals surface area (Å²) in [5.74, 6) is 0.496. The summed E-state index contributed by atoms with van der Waals surface area (Å²) in [6, 6.07) is 13.1. The normalized spacial score (nSPS) is 18.0. The third-order valence-corrected chi connectivity index (χ3v) is 5.51. The molecule has 2 amide bonds. The predicted octanol–water partition coefficient (Wildman–Crippen LogP) is 5.40. The number of hydrogen-bond acceptors (Lipinski definition) is 2. The van der Waals surface area contributed by atoms with Crippen molar-refractivity contribution in [1.29, 1.82) is 0 Å². The minimum atomic E-state index is -0.0360. The molecule has 0 bridgehead atoms. The largest absolute Gasteiger partial charge is 0.352 e. The molecular weight excluding hydrogens is 395 g/mol. The first kappa shape index (κ1) is 20.7. The van der Waals surface area contributed by atoms with E-state index in [0.717, 1.165) is 23.2 Å². The summed E-state index contributed by atoms with van der Waals surface area (Å²) in [7, 11) is 0. The summed E-state index contributed by atoms with van der Waals surface area (Å²) in [6.45, 7) is 4.45. The van der Waals surface area contributed by atoms with Crippen LogP contribution in [0.25, 0.3) is 0 Å². The van der Waals surface area contributed by atoms with Crippen LogP contribution in [0.15, 0.2) is 42.5 Å². The van der Waals surface area contributed by atoms with Gasteiger partial charge in [0.15, 0.2) is 0 Å². The van der Waals surface area contributed by atoms with Crippen molar-refractivity contribution in [3.8, 4) is 0 Å². The van der Waals surface area contributed by atoms with E-state index in [0.29, 0.717) is 28.9 Å². The number of rotatable bonds is 7. The van der Waals surface area contributed by atoms with Gasteiger partial charge >= 0.3 is 0 Å². The van der Waals surface area contributed by atoms with Gasteiger partial charge in [-0.3, -0.25) is 9.59 Å². The van der Waals surface area contributed by atoms with E-state index in [2.05, 4.69) is 10.6 Å². The molecule has 2 aromatic rings. The fourth-order valence-corrected chi connectivity index (χ4v) is 3.56. The van der Waals surface area contributed by atoms with Gasteiger partial charge in [0.2, 0.25) is 11.8 Å². The van der Waals surface area contributed by atoms with Gasteiger partial charge in [-0.15, -0.1) is 0 Å². The zero-order chi connectivity index (χ0) is 20.3. The van der Waals surface area contributed by atoms with E-state index in [9.17, 15) is 9.59 Å². The molecule has 2 atom stereocenters. The van der Waals surface area contributed by atoms with Gasteiger partial charge in [0.25, 0.3) is 0 Å². The minimum Gasteiger partial charge on any atom is -0.352 e. The molecular formula is C22H24Cl2N2O2. The fraction of sp³-hybridized carbons (Fsp3) is 0.364. The van der Waals surface area contributed by atoms with E-state index >= 15 is 0 Å². The molecule has 3 rings (SSSR count). The van der Waals surface area contributed by atoms with Crippen LogP contribution in [0, 0.1) is 11.8 Å². The molecule has 2 N–H and O–H groups in total. The number of carbonyl (C=O) groups is 2. The lowest BCUT2D eigenvalue weighted by Crippen LogP contribution is -2.25. The molecule has 2 unspecified atom stereocenters. The first-order valence-electron chi connectivity index (χ1n) is 9.45. The second kappa shape index (κ2) is 8.97. The van der Waals surface area contributed by atoms with Gasteiger partial charge in [-0.2, -0.15) is 0 Å². The maximum atomic E-state index is 12.5. The molecule has 2 aromatic carbocycles. The van der Waals surface area contributed by atoms with Crippen molar-refractivity contribution in [2.45, 2.75) is 39.2 Å². The topological polar surface area (TPSA) is 58.2 Å². The standard InChI is InChI=1S/C22H24Cl2N2O2/c1-13(2)8-21(27)26-16-5-3-4-14(9-16)12-25-22(28)18-11-17(18)15-6-7-19(23)20(24)10-15/h3-7,9-10,13,17-18H,8,11-12H2,1-2H3,(H,25,28)(H,26,27). The van der Waals surface area contributed by atoms with Gasteiger partial charge in [0.05, 0.1) is 10.0 Å². The molecule has 0 radical (unpaired) electrons. The van der Waals surface area contributed by atoms with Gasteiger partial charge < -0.3 is 10.6 Å². The Hall–Kier alpha value is -2.04. The van der Waals surface area contributed by atoms with Crippen LogP contribution < -0.4 is 10.6 Å². The summed E-state index contributed by atoms with van der Waals surface area (Å²) in [5.41, 5.74) is 2.74. The second-order valence-corrected chi connectivity index (χ2v) is 8.50. The van der Waals surface area contributed by atoms with Gasteiger partial charge in [0.1, 0.15) is 0 Å². The van der Waals surface area contributed by atoms with Crippen molar-refractivity contribution < 1.29 is 9.59 Å². The van der Waals surface area contributed by atoms with Gasteiger partial charge in [0, 0.05) is 24.6 Å². The van der Waals surface area contributed by atoms with E-state index in [1.807, 2.05) is 50.2 Å². The van der Waals surface area contributed by atoms with Crippen molar-refractivity contribution in [2.75, 3.05) is 5.32 Å². The second-order valence-electron chi connectivity index (χ2n) is 7.69. The number of nitrogens with one attached hydrogen (secondary N) is 2. The molecule has 0 heterocycles. The van der Waals surface area contributed by atoms with E-state index in [1.165, 1.54) is 0 Å². The predicted molar refractivity (Wildman–Crippen MR) is 114 cm³/mol. The monoisotopic (exact) mass is 418 g/mol. The molecule has 148 valence electrons. The van der Waals surface area contributed by atoms with Crippen LogP contribution in [0.5, 0.6) is 0 Å². The molecule has 1 saturated carbocycles. The van der Waals surface area contributed by atoms with E-state index in [-0.39, 0.29) is 23.7 Å². The van der Waals surface area contributed by atoms with Crippen molar-refractivity contribution in [3.63, 3.8) is 0 Å². The molecule has 4 nitrogen and oxygen atoms in total. The Bertz CT molecular complexity index is 883. The summed E-state index contributed by atoms with van der Waals surface area (Å²) in [5, 5.41) is 6.92. The number of amides is 2. The van der Waals surface area contributed by atoms with E-state index in [4.69, 9.17) is 23.2 Å². The quantitative estimate of drug-likeness (QED) is 0.632. The molecule has 28 heavy (non-hydrogen) atoms. The van der Waals surface area contributed by atoms with Crippen LogP contribution >= 0.6 is 23.2 Å². The van der Waals surface area contributed by atoms with Crippen molar-refractivity contribution >= 4 is 40.7 Å². The zero-order valence-corrected chi connectivity index (χ0v) is 17.5. The van der Waals surface area contributed by atoms with Crippen LogP contribution in [0.4, 0.5) is 5.69 Å². The molecule has 1 fully saturated rings. The van der Waals surface area contributed by atoms with E-state index in [1.54, 1.807) is 6.07 Å². The van der Waals surface area contributed by atoms with Crippen molar-refractivity contribution in [2.24, 2.45) is 11.8 Å². The minimum absolute atomic E-state index is 0.00127. The Morgan fingerprint density at radius 3 is 2.61 bits per heavy atom. The third kappa shape index (κ3) is 5.49. The maximum Gasteiger partial charge on any atom is 0.224 e. The van der Waals surface area contributed by atoms with Crippen LogP contribution in [0.1, 0.15) is 43.7 Å². The molecule has 1 aliphatic rings. The first-order chi connectivity index (χ1) is 13.3. The van der Waals surface area contributed by atoms with Crippen LogP contribution in [-0.4, -0.2) is 11.8 Å². The maximum absolute atomic E-state index is 12.5. The molecule has 0 saturated heterocycles. The molecule has 0 aromatic heterocycles. The van der Waals surface area contributed by atoms with Gasteiger partial charge in [-0.1, -0.05) is 55.2 Å². The average Bonchev–Trinajstić information content (AvgIpc) is 3.42. The molecule has 0 spiro atoms. The Balaban J connectivity index is 1.52. The Kier molecular flexibility index (Phi) is 6.63. The first-order valence-corrected chi connectivity index (χ1v) is 10.2. The van der Waals surface area contributed by atoms with Gasteiger partial charge in [-0.25, -0.2) is 0 Å². The fourth-order valence-electron chi connectivity index (χ4n) is 3.26. The molecule has 6 heteroatoms. The molecule has 0 aliphatic heterocycles. The smallest absolute Gasteiger partial charge is 0.224 e. The zero-order valence-electron chi connectivity index (χ0n) is 16.0. The Morgan fingerprint density at radius 2 is 1.89 bits per heavy atom. The van der Waals surface area contributed by atoms with Crippen molar-refractivity contribution in [1.82, 2.24) is 5.32 Å². The number of halogens is 2. The van der Waals surface area contributed by atoms with Crippen LogP contribution in [0.3, 0.4) is 0 Å². The lowest BCUT2D eigenvalue weighted by atomic mass is 10.1. The summed E-state index contributed by atoms with van der Waals surface area (Å²) < 4.78 is 0. The SMILES string of the molecule is CC(C)CC(=O)Nc1cccc(CNC(=O)C2CC2c2ccc(Cl)c(Cl)c2)c1. The summed E-state index contributed by atoms with van der Waals surface area (Å²) in [4.78, 5) is 24.4. The highest BCUT2D eigenvalue weighted by atomic mass is 35.5.